The molecule has 20 heavy (non-hydrogen) atoms. The summed E-state index contributed by atoms with van der Waals surface area (Å²) >= 11 is 0. The molecule has 0 bridgehead atoms. The van der Waals surface area contributed by atoms with Gasteiger partial charge in [0.2, 0.25) is 5.91 Å². The van der Waals surface area contributed by atoms with Gasteiger partial charge in [0.05, 0.1) is 6.04 Å². The van der Waals surface area contributed by atoms with E-state index in [4.69, 9.17) is 0 Å². The fraction of sp³-hybridized carbons (Fsp3) is 0.438. The van der Waals surface area contributed by atoms with Crippen molar-refractivity contribution in [2.24, 2.45) is 5.92 Å². The molecule has 2 atom stereocenters. The van der Waals surface area contributed by atoms with Gasteiger partial charge in [0.15, 0.2) is 11.6 Å². The second kappa shape index (κ2) is 6.16. The molecule has 0 spiro atoms. The number of amides is 1. The lowest BCUT2D eigenvalue weighted by molar-refractivity contribution is -0.132. The minimum Gasteiger partial charge on any atom is -0.339 e. The van der Waals surface area contributed by atoms with Crippen LogP contribution in [0.5, 0.6) is 0 Å². The van der Waals surface area contributed by atoms with E-state index in [1.165, 1.54) is 6.07 Å². The molecule has 1 aliphatic rings. The van der Waals surface area contributed by atoms with Crippen LogP contribution in [-0.4, -0.2) is 17.9 Å². The molecule has 0 saturated heterocycles. The van der Waals surface area contributed by atoms with Crippen LogP contribution in [0.1, 0.15) is 37.8 Å². The van der Waals surface area contributed by atoms with Gasteiger partial charge < -0.3 is 4.90 Å². The standard InChI is InChI=1S/C16H19F2NO/c1-11(13-7-8-14(17)15(18)10-13)19(2)16(20)9-12-5-3-4-6-12/h3,5,7-8,10-12H,4,6,9H2,1-2H3. The summed E-state index contributed by atoms with van der Waals surface area (Å²) in [6.07, 6.45) is 6.69. The number of benzene rings is 1. The molecule has 0 heterocycles. The molecule has 4 heteroatoms. The van der Waals surface area contributed by atoms with Crippen LogP contribution in [0.25, 0.3) is 0 Å². The van der Waals surface area contributed by atoms with Crippen LogP contribution in [0.15, 0.2) is 30.4 Å². The number of rotatable bonds is 4. The molecule has 2 unspecified atom stereocenters. The number of allylic oxidation sites excluding steroid dienone is 2. The van der Waals surface area contributed by atoms with E-state index < -0.39 is 11.6 Å². The van der Waals surface area contributed by atoms with Gasteiger partial charge >= 0.3 is 0 Å². The summed E-state index contributed by atoms with van der Waals surface area (Å²) in [7, 11) is 1.70. The van der Waals surface area contributed by atoms with Gasteiger partial charge in [-0.25, -0.2) is 8.78 Å². The summed E-state index contributed by atoms with van der Waals surface area (Å²) < 4.78 is 26.2. The Morgan fingerprint density at radius 2 is 2.15 bits per heavy atom. The fourth-order valence-corrected chi connectivity index (χ4v) is 2.45. The number of hydrogen-bond acceptors (Lipinski definition) is 1. The SMILES string of the molecule is CC(c1ccc(F)c(F)c1)N(C)C(=O)CC1C=CCC1. The average Bonchev–Trinajstić information content (AvgIpc) is 2.93. The minimum atomic E-state index is -0.881. The largest absolute Gasteiger partial charge is 0.339 e. The fourth-order valence-electron chi connectivity index (χ4n) is 2.45. The molecule has 1 aromatic carbocycles. The third-order valence-electron chi connectivity index (χ3n) is 3.95. The number of carbonyl (C=O) groups is 1. The van der Waals surface area contributed by atoms with E-state index in [2.05, 4.69) is 12.2 Å². The van der Waals surface area contributed by atoms with Crippen LogP contribution in [0.2, 0.25) is 0 Å². The molecule has 2 nitrogen and oxygen atoms in total. The number of halogens is 2. The molecule has 0 N–H and O–H groups in total. The highest BCUT2D eigenvalue weighted by Crippen LogP contribution is 2.25. The molecule has 0 radical (unpaired) electrons. The zero-order valence-corrected chi connectivity index (χ0v) is 11.8. The van der Waals surface area contributed by atoms with Crippen LogP contribution in [-0.2, 0) is 4.79 Å². The maximum absolute atomic E-state index is 13.2. The third kappa shape index (κ3) is 3.24. The molecule has 0 aromatic heterocycles. The zero-order chi connectivity index (χ0) is 14.7. The van der Waals surface area contributed by atoms with E-state index in [0.29, 0.717) is 17.9 Å². The van der Waals surface area contributed by atoms with Gasteiger partial charge in [-0.1, -0.05) is 18.2 Å². The molecule has 108 valence electrons. The Hall–Kier alpha value is -1.71. The molecule has 2 rings (SSSR count). The number of carbonyl (C=O) groups excluding carboxylic acids is 1. The van der Waals surface area contributed by atoms with Crippen LogP contribution in [0, 0.1) is 17.6 Å². The molecule has 0 saturated carbocycles. The Bertz CT molecular complexity index is 527. The predicted molar refractivity (Wildman–Crippen MR) is 74.0 cm³/mol. The Kier molecular flexibility index (Phi) is 4.53. The lowest BCUT2D eigenvalue weighted by Gasteiger charge is -2.26. The van der Waals surface area contributed by atoms with Crippen LogP contribution >= 0.6 is 0 Å². The summed E-state index contributed by atoms with van der Waals surface area (Å²) in [6, 6.07) is 3.49. The van der Waals surface area contributed by atoms with Crippen LogP contribution in [0.4, 0.5) is 8.78 Å². The third-order valence-corrected chi connectivity index (χ3v) is 3.95. The van der Waals surface area contributed by atoms with Crippen molar-refractivity contribution in [1.29, 1.82) is 0 Å². The first-order valence-corrected chi connectivity index (χ1v) is 6.86. The van der Waals surface area contributed by atoms with Crippen molar-refractivity contribution in [1.82, 2.24) is 4.90 Å². The van der Waals surface area contributed by atoms with Gasteiger partial charge in [-0.3, -0.25) is 4.79 Å². The Morgan fingerprint density at radius 3 is 2.75 bits per heavy atom. The maximum atomic E-state index is 13.2. The van der Waals surface area contributed by atoms with Gasteiger partial charge in [-0.05, 0) is 43.4 Å². The second-order valence-corrected chi connectivity index (χ2v) is 5.32. The van der Waals surface area contributed by atoms with Crippen molar-refractivity contribution in [2.45, 2.75) is 32.2 Å². The molecule has 0 aliphatic heterocycles. The first kappa shape index (κ1) is 14.7. The molecular formula is C16H19F2NO. The predicted octanol–water partition coefficient (Wildman–Crippen LogP) is 3.84. The summed E-state index contributed by atoms with van der Waals surface area (Å²) in [5.74, 6) is -1.42. The number of nitrogens with zero attached hydrogens (tertiary/aromatic N) is 1. The Labute approximate surface area is 118 Å². The molecule has 0 fully saturated rings. The highest BCUT2D eigenvalue weighted by atomic mass is 19.2. The first-order chi connectivity index (χ1) is 9.49. The lowest BCUT2D eigenvalue weighted by Crippen LogP contribution is -2.30. The van der Waals surface area contributed by atoms with Gasteiger partial charge in [0.1, 0.15) is 0 Å². The summed E-state index contributed by atoms with van der Waals surface area (Å²) in [5, 5.41) is 0. The van der Waals surface area contributed by atoms with Gasteiger partial charge in [-0.15, -0.1) is 0 Å². The minimum absolute atomic E-state index is 0.0267. The van der Waals surface area contributed by atoms with E-state index in [1.807, 2.05) is 6.92 Å². The van der Waals surface area contributed by atoms with Crippen LogP contribution in [0.3, 0.4) is 0 Å². The summed E-state index contributed by atoms with van der Waals surface area (Å²) in [5.41, 5.74) is 0.599. The second-order valence-electron chi connectivity index (χ2n) is 5.32. The monoisotopic (exact) mass is 279 g/mol. The van der Waals surface area contributed by atoms with Crippen molar-refractivity contribution in [3.8, 4) is 0 Å². The van der Waals surface area contributed by atoms with Gasteiger partial charge in [0.25, 0.3) is 0 Å². The molecular weight excluding hydrogens is 260 g/mol. The van der Waals surface area contributed by atoms with Gasteiger partial charge in [0, 0.05) is 13.5 Å². The van der Waals surface area contributed by atoms with Crippen molar-refractivity contribution < 1.29 is 13.6 Å². The topological polar surface area (TPSA) is 20.3 Å². The highest BCUT2D eigenvalue weighted by molar-refractivity contribution is 5.77. The van der Waals surface area contributed by atoms with E-state index >= 15 is 0 Å². The normalized spacial score (nSPS) is 19.1. The Morgan fingerprint density at radius 1 is 1.40 bits per heavy atom. The van der Waals surface area contributed by atoms with Crippen LogP contribution < -0.4 is 0 Å². The average molecular weight is 279 g/mol. The lowest BCUT2D eigenvalue weighted by atomic mass is 10.0. The van der Waals surface area contributed by atoms with Crippen molar-refractivity contribution in [3.05, 3.63) is 47.5 Å². The van der Waals surface area contributed by atoms with E-state index in [1.54, 1.807) is 11.9 Å². The quantitative estimate of drug-likeness (QED) is 0.767. The van der Waals surface area contributed by atoms with E-state index in [0.717, 1.165) is 25.0 Å². The summed E-state index contributed by atoms with van der Waals surface area (Å²) in [6.45, 7) is 1.81. The Balaban J connectivity index is 2.03. The van der Waals surface area contributed by atoms with E-state index in [9.17, 15) is 13.6 Å². The van der Waals surface area contributed by atoms with Crippen molar-refractivity contribution in [2.75, 3.05) is 7.05 Å². The zero-order valence-electron chi connectivity index (χ0n) is 11.8. The van der Waals surface area contributed by atoms with Crippen molar-refractivity contribution in [3.63, 3.8) is 0 Å². The number of hydrogen-bond donors (Lipinski definition) is 0. The van der Waals surface area contributed by atoms with E-state index in [-0.39, 0.29) is 11.9 Å². The van der Waals surface area contributed by atoms with Crippen molar-refractivity contribution >= 4 is 5.91 Å². The van der Waals surface area contributed by atoms with Gasteiger partial charge in [-0.2, -0.15) is 0 Å². The smallest absolute Gasteiger partial charge is 0.223 e. The first-order valence-electron chi connectivity index (χ1n) is 6.86. The maximum Gasteiger partial charge on any atom is 0.223 e. The highest BCUT2D eigenvalue weighted by Gasteiger charge is 2.21. The summed E-state index contributed by atoms with van der Waals surface area (Å²) in [4.78, 5) is 13.8. The molecule has 1 aromatic rings. The molecule has 1 amide bonds. The molecule has 1 aliphatic carbocycles.